The molecule has 6 nitrogen and oxygen atoms in total. The molecule has 3 rings (SSSR count). The molecule has 0 spiro atoms. The SMILES string of the molecule is CC.CCc1ccc(N(CC(C)C)S(=O)(=O)c2ccc(NCC3CCOCC3)c(N)c2)cc1. The average Bonchev–Trinajstić information content (AvgIpc) is 2.83. The second-order valence-corrected chi connectivity index (χ2v) is 10.5. The molecule has 7 heteroatoms. The van der Waals surface area contributed by atoms with Gasteiger partial charge in [-0.3, -0.25) is 4.31 Å². The standard InChI is InChI=1S/C24H35N3O3S.C2H6/c1-4-19-5-7-21(8-6-19)27(17-18(2)3)31(28,29)22-9-10-24(23(25)15-22)26-16-20-11-13-30-14-12-20;1-2/h5-10,15,18,20,26H,4,11-14,16-17,25H2,1-3H3;1-2H3. The highest BCUT2D eigenvalue weighted by Gasteiger charge is 2.26. The topological polar surface area (TPSA) is 84.7 Å². The molecule has 33 heavy (non-hydrogen) atoms. The van der Waals surface area contributed by atoms with Crippen LogP contribution >= 0.6 is 0 Å². The minimum absolute atomic E-state index is 0.179. The van der Waals surface area contributed by atoms with Gasteiger partial charge in [-0.05, 0) is 67.0 Å². The summed E-state index contributed by atoms with van der Waals surface area (Å²) in [6.07, 6.45) is 2.97. The van der Waals surface area contributed by atoms with Crippen molar-refractivity contribution in [2.75, 3.05) is 41.7 Å². The van der Waals surface area contributed by atoms with Gasteiger partial charge in [-0.15, -0.1) is 0 Å². The van der Waals surface area contributed by atoms with Crippen molar-refractivity contribution >= 4 is 27.1 Å². The van der Waals surface area contributed by atoms with Crippen molar-refractivity contribution < 1.29 is 13.2 Å². The molecule has 1 aliphatic heterocycles. The van der Waals surface area contributed by atoms with Gasteiger partial charge in [0.1, 0.15) is 0 Å². The van der Waals surface area contributed by atoms with Crippen molar-refractivity contribution in [2.24, 2.45) is 11.8 Å². The minimum atomic E-state index is -3.73. The predicted molar refractivity (Wildman–Crippen MR) is 139 cm³/mol. The monoisotopic (exact) mass is 475 g/mol. The van der Waals surface area contributed by atoms with Gasteiger partial charge in [-0.25, -0.2) is 8.42 Å². The van der Waals surface area contributed by atoms with Crippen LogP contribution in [-0.2, 0) is 21.2 Å². The Morgan fingerprint density at radius 3 is 2.27 bits per heavy atom. The van der Waals surface area contributed by atoms with E-state index in [-0.39, 0.29) is 10.8 Å². The van der Waals surface area contributed by atoms with Crippen LogP contribution in [0.3, 0.4) is 0 Å². The summed E-state index contributed by atoms with van der Waals surface area (Å²) in [5.41, 5.74) is 9.30. The second kappa shape index (κ2) is 12.8. The largest absolute Gasteiger partial charge is 0.397 e. The van der Waals surface area contributed by atoms with Crippen LogP contribution in [-0.4, -0.2) is 34.7 Å². The first-order valence-electron chi connectivity index (χ1n) is 12.1. The molecule has 0 amide bonds. The number of nitrogens with two attached hydrogens (primary N) is 1. The number of sulfonamides is 1. The van der Waals surface area contributed by atoms with E-state index in [0.29, 0.717) is 23.8 Å². The number of rotatable bonds is 9. The molecule has 0 aromatic heterocycles. The molecule has 0 atom stereocenters. The molecule has 2 aromatic rings. The Morgan fingerprint density at radius 1 is 1.09 bits per heavy atom. The molecule has 0 unspecified atom stereocenters. The number of nitrogens with one attached hydrogen (secondary N) is 1. The van der Waals surface area contributed by atoms with Gasteiger partial charge in [0.25, 0.3) is 10.0 Å². The van der Waals surface area contributed by atoms with Crippen LogP contribution in [0.2, 0.25) is 0 Å². The van der Waals surface area contributed by atoms with Crippen LogP contribution < -0.4 is 15.4 Å². The van der Waals surface area contributed by atoms with Crippen LogP contribution in [0, 0.1) is 11.8 Å². The molecule has 3 N–H and O–H groups in total. The molecule has 0 saturated carbocycles. The van der Waals surface area contributed by atoms with Gasteiger partial charge in [0.05, 0.1) is 22.0 Å². The van der Waals surface area contributed by atoms with E-state index in [1.807, 2.05) is 52.0 Å². The average molecular weight is 476 g/mol. The van der Waals surface area contributed by atoms with E-state index < -0.39 is 10.0 Å². The van der Waals surface area contributed by atoms with Crippen molar-refractivity contribution in [3.05, 3.63) is 48.0 Å². The summed E-state index contributed by atoms with van der Waals surface area (Å²) in [5, 5.41) is 3.38. The third-order valence-corrected chi connectivity index (χ3v) is 7.49. The van der Waals surface area contributed by atoms with Crippen LogP contribution in [0.5, 0.6) is 0 Å². The first kappa shape index (κ1) is 27.0. The van der Waals surface area contributed by atoms with Crippen molar-refractivity contribution in [3.8, 4) is 0 Å². The highest BCUT2D eigenvalue weighted by molar-refractivity contribution is 7.92. The third kappa shape index (κ3) is 7.37. The number of anilines is 3. The van der Waals surface area contributed by atoms with Crippen molar-refractivity contribution in [1.29, 1.82) is 0 Å². The van der Waals surface area contributed by atoms with E-state index in [1.54, 1.807) is 18.2 Å². The normalized spacial score (nSPS) is 14.5. The summed E-state index contributed by atoms with van der Waals surface area (Å²) in [4.78, 5) is 0.210. The van der Waals surface area contributed by atoms with Gasteiger partial charge in [0.2, 0.25) is 0 Å². The Labute approximate surface area is 200 Å². The van der Waals surface area contributed by atoms with Gasteiger partial charge < -0.3 is 15.8 Å². The zero-order valence-corrected chi connectivity index (χ0v) is 21.6. The van der Waals surface area contributed by atoms with E-state index in [4.69, 9.17) is 10.5 Å². The number of nitrogen functional groups attached to an aromatic ring is 1. The van der Waals surface area contributed by atoms with E-state index >= 15 is 0 Å². The number of nitrogens with zero attached hydrogens (tertiary/aromatic N) is 1. The summed E-state index contributed by atoms with van der Waals surface area (Å²) in [6, 6.07) is 12.7. The maximum Gasteiger partial charge on any atom is 0.264 e. The number of aryl methyl sites for hydroxylation is 1. The van der Waals surface area contributed by atoms with Crippen LogP contribution in [0.4, 0.5) is 17.1 Å². The molecule has 0 bridgehead atoms. The van der Waals surface area contributed by atoms with E-state index in [9.17, 15) is 8.42 Å². The number of benzene rings is 2. The van der Waals surface area contributed by atoms with Crippen LogP contribution in [0.1, 0.15) is 53.0 Å². The Morgan fingerprint density at radius 2 is 1.73 bits per heavy atom. The fraction of sp³-hybridized carbons (Fsp3) is 0.538. The molecule has 2 aromatic carbocycles. The zero-order valence-electron chi connectivity index (χ0n) is 20.8. The molecular weight excluding hydrogens is 434 g/mol. The lowest BCUT2D eigenvalue weighted by Gasteiger charge is -2.27. The highest BCUT2D eigenvalue weighted by Crippen LogP contribution is 2.29. The number of hydrogen-bond acceptors (Lipinski definition) is 5. The molecule has 0 radical (unpaired) electrons. The quantitative estimate of drug-likeness (QED) is 0.465. The highest BCUT2D eigenvalue weighted by atomic mass is 32.2. The van der Waals surface area contributed by atoms with Gasteiger partial charge in [0, 0.05) is 26.3 Å². The maximum atomic E-state index is 13.5. The fourth-order valence-electron chi connectivity index (χ4n) is 3.77. The Balaban J connectivity index is 0.00000187. The van der Waals surface area contributed by atoms with Gasteiger partial charge in [-0.1, -0.05) is 46.8 Å². The lowest BCUT2D eigenvalue weighted by molar-refractivity contribution is 0.0699. The van der Waals surface area contributed by atoms with Crippen molar-refractivity contribution in [1.82, 2.24) is 0 Å². The lowest BCUT2D eigenvalue weighted by atomic mass is 10.0. The molecule has 1 fully saturated rings. The molecule has 1 heterocycles. The Kier molecular flexibility index (Phi) is 10.5. The summed E-state index contributed by atoms with van der Waals surface area (Å²) in [7, 11) is -3.73. The molecule has 1 saturated heterocycles. The summed E-state index contributed by atoms with van der Waals surface area (Å²) in [6.45, 7) is 12.9. The number of hydrogen-bond donors (Lipinski definition) is 2. The van der Waals surface area contributed by atoms with Gasteiger partial charge in [-0.2, -0.15) is 0 Å². The van der Waals surface area contributed by atoms with Gasteiger partial charge in [0.15, 0.2) is 0 Å². The Hall–Kier alpha value is -2.25. The molecule has 1 aliphatic rings. The molecule has 0 aliphatic carbocycles. The first-order chi connectivity index (χ1) is 15.8. The Bertz CT molecular complexity index is 953. The van der Waals surface area contributed by atoms with Gasteiger partial charge >= 0.3 is 0 Å². The summed E-state index contributed by atoms with van der Waals surface area (Å²) < 4.78 is 33.9. The van der Waals surface area contributed by atoms with Crippen molar-refractivity contribution in [2.45, 2.75) is 58.8 Å². The second-order valence-electron chi connectivity index (χ2n) is 8.64. The molecule has 184 valence electrons. The summed E-state index contributed by atoms with van der Waals surface area (Å²) >= 11 is 0. The lowest BCUT2D eigenvalue weighted by Crippen LogP contribution is -2.34. The van der Waals surface area contributed by atoms with E-state index in [0.717, 1.165) is 44.7 Å². The van der Waals surface area contributed by atoms with E-state index in [1.165, 1.54) is 9.87 Å². The van der Waals surface area contributed by atoms with Crippen molar-refractivity contribution in [3.63, 3.8) is 0 Å². The fourth-order valence-corrected chi connectivity index (χ4v) is 5.43. The van der Waals surface area contributed by atoms with Crippen LogP contribution in [0.15, 0.2) is 47.4 Å². The third-order valence-electron chi connectivity index (χ3n) is 5.70. The maximum absolute atomic E-state index is 13.5. The van der Waals surface area contributed by atoms with E-state index in [2.05, 4.69) is 12.2 Å². The first-order valence-corrected chi connectivity index (χ1v) is 13.6. The predicted octanol–water partition coefficient (Wildman–Crippen LogP) is 5.55. The molecular formula is C26H41N3O3S. The minimum Gasteiger partial charge on any atom is -0.397 e. The zero-order chi connectivity index (χ0) is 24.4. The smallest absolute Gasteiger partial charge is 0.264 e. The summed E-state index contributed by atoms with van der Waals surface area (Å²) in [5.74, 6) is 0.725. The van der Waals surface area contributed by atoms with Crippen LogP contribution in [0.25, 0.3) is 0 Å². The number of ether oxygens (including phenoxy) is 1.